The highest BCUT2D eigenvalue weighted by Crippen LogP contribution is 2.26. The molecule has 0 unspecified atom stereocenters. The molecule has 2 rings (SSSR count). The molecule has 0 bridgehead atoms. The highest BCUT2D eigenvalue weighted by Gasteiger charge is 2.17. The number of nitro benzene ring substituents is 1. The summed E-state index contributed by atoms with van der Waals surface area (Å²) in [5.74, 6) is -0.192. The van der Waals surface area contributed by atoms with Crippen molar-refractivity contribution in [2.45, 2.75) is 19.8 Å². The molecule has 1 aromatic carbocycles. The van der Waals surface area contributed by atoms with Gasteiger partial charge >= 0.3 is 0 Å². The van der Waals surface area contributed by atoms with E-state index in [0.717, 1.165) is 11.8 Å². The van der Waals surface area contributed by atoms with Crippen molar-refractivity contribution in [3.05, 3.63) is 50.0 Å². The molecule has 8 heteroatoms. The lowest BCUT2D eigenvalue weighted by Crippen LogP contribution is -2.12. The van der Waals surface area contributed by atoms with Crippen LogP contribution in [-0.4, -0.2) is 15.8 Å². The number of hydrogen-bond donors (Lipinski definition) is 1. The Morgan fingerprint density at radius 1 is 1.48 bits per heavy atom. The molecule has 0 aliphatic rings. The second-order valence-electron chi connectivity index (χ2n) is 4.61. The van der Waals surface area contributed by atoms with Gasteiger partial charge in [0.05, 0.1) is 10.6 Å². The zero-order valence-corrected chi connectivity index (χ0v) is 12.9. The number of carbonyl (C=O) groups excluding carboxylic acids is 1. The number of aromatic nitrogens is 1. The van der Waals surface area contributed by atoms with E-state index in [9.17, 15) is 14.9 Å². The zero-order valence-electron chi connectivity index (χ0n) is 11.3. The SMILES string of the molecule is CC(C)c1csc(NC(=O)c2ccc(Cl)c([N+](=O)[O-])c2)n1. The third kappa shape index (κ3) is 3.56. The molecule has 0 saturated carbocycles. The number of halogens is 1. The Morgan fingerprint density at radius 3 is 2.76 bits per heavy atom. The van der Waals surface area contributed by atoms with E-state index in [4.69, 9.17) is 11.6 Å². The van der Waals surface area contributed by atoms with Crippen molar-refractivity contribution in [1.29, 1.82) is 0 Å². The average molecular weight is 326 g/mol. The van der Waals surface area contributed by atoms with Gasteiger partial charge in [0, 0.05) is 17.0 Å². The van der Waals surface area contributed by atoms with Crippen LogP contribution in [0.15, 0.2) is 23.6 Å². The molecular formula is C13H12ClN3O3S. The number of rotatable bonds is 4. The molecule has 1 heterocycles. The summed E-state index contributed by atoms with van der Waals surface area (Å²) in [4.78, 5) is 26.5. The Balaban J connectivity index is 2.20. The van der Waals surface area contributed by atoms with Gasteiger partial charge in [-0.2, -0.15) is 0 Å². The summed E-state index contributed by atoms with van der Waals surface area (Å²) in [6.45, 7) is 4.01. The van der Waals surface area contributed by atoms with E-state index in [0.29, 0.717) is 5.13 Å². The van der Waals surface area contributed by atoms with Crippen LogP contribution in [0.5, 0.6) is 0 Å². The van der Waals surface area contributed by atoms with Gasteiger partial charge in [-0.05, 0) is 18.1 Å². The van der Waals surface area contributed by atoms with Crippen molar-refractivity contribution < 1.29 is 9.72 Å². The Labute approximate surface area is 129 Å². The molecule has 0 radical (unpaired) electrons. The maximum absolute atomic E-state index is 12.1. The largest absolute Gasteiger partial charge is 0.298 e. The molecule has 1 aromatic heterocycles. The van der Waals surface area contributed by atoms with Crippen LogP contribution in [0.1, 0.15) is 35.8 Å². The van der Waals surface area contributed by atoms with Crippen molar-refractivity contribution >= 4 is 39.7 Å². The lowest BCUT2D eigenvalue weighted by molar-refractivity contribution is -0.384. The average Bonchev–Trinajstić information content (AvgIpc) is 2.87. The van der Waals surface area contributed by atoms with Crippen LogP contribution in [-0.2, 0) is 0 Å². The summed E-state index contributed by atoms with van der Waals surface area (Å²) in [5, 5.41) is 15.8. The Morgan fingerprint density at radius 2 is 2.19 bits per heavy atom. The fraction of sp³-hybridized carbons (Fsp3) is 0.231. The molecule has 0 aliphatic carbocycles. The van der Waals surface area contributed by atoms with Gasteiger partial charge in [-0.1, -0.05) is 25.4 Å². The van der Waals surface area contributed by atoms with Gasteiger partial charge in [0.1, 0.15) is 5.02 Å². The number of anilines is 1. The smallest absolute Gasteiger partial charge is 0.288 e. The lowest BCUT2D eigenvalue weighted by Gasteiger charge is -2.03. The predicted molar refractivity (Wildman–Crippen MR) is 82.3 cm³/mol. The number of thiazole rings is 1. The summed E-state index contributed by atoms with van der Waals surface area (Å²) in [7, 11) is 0. The van der Waals surface area contributed by atoms with E-state index >= 15 is 0 Å². The first-order chi connectivity index (χ1) is 9.88. The van der Waals surface area contributed by atoms with Gasteiger partial charge in [-0.15, -0.1) is 11.3 Å². The van der Waals surface area contributed by atoms with E-state index in [1.807, 2.05) is 19.2 Å². The van der Waals surface area contributed by atoms with Crippen molar-refractivity contribution in [2.75, 3.05) is 5.32 Å². The first-order valence-corrected chi connectivity index (χ1v) is 7.35. The Hall–Kier alpha value is -1.99. The molecule has 0 atom stereocenters. The standard InChI is InChI=1S/C13H12ClN3O3S/c1-7(2)10-6-21-13(15-10)16-12(18)8-3-4-9(14)11(5-8)17(19)20/h3-7H,1-2H3,(H,15,16,18). The summed E-state index contributed by atoms with van der Waals surface area (Å²) >= 11 is 7.02. The number of nitrogens with one attached hydrogen (secondary N) is 1. The molecule has 110 valence electrons. The zero-order chi connectivity index (χ0) is 15.6. The monoisotopic (exact) mass is 325 g/mol. The van der Waals surface area contributed by atoms with Crippen molar-refractivity contribution in [3.63, 3.8) is 0 Å². The minimum absolute atomic E-state index is 0.00658. The third-order valence-electron chi connectivity index (χ3n) is 2.74. The minimum atomic E-state index is -0.626. The van der Waals surface area contributed by atoms with E-state index in [2.05, 4.69) is 10.3 Å². The van der Waals surface area contributed by atoms with Crippen molar-refractivity contribution in [3.8, 4) is 0 Å². The molecular weight excluding hydrogens is 314 g/mol. The number of amides is 1. The van der Waals surface area contributed by atoms with Gasteiger partial charge in [0.15, 0.2) is 5.13 Å². The molecule has 1 N–H and O–H groups in total. The van der Waals surface area contributed by atoms with E-state index in [1.54, 1.807) is 0 Å². The quantitative estimate of drug-likeness (QED) is 0.678. The maximum atomic E-state index is 12.1. The second-order valence-corrected chi connectivity index (χ2v) is 5.87. The number of benzene rings is 1. The summed E-state index contributed by atoms with van der Waals surface area (Å²) in [5.41, 5.74) is 0.746. The second kappa shape index (κ2) is 6.19. The van der Waals surface area contributed by atoms with Crippen LogP contribution in [0.2, 0.25) is 5.02 Å². The maximum Gasteiger partial charge on any atom is 0.288 e. The highest BCUT2D eigenvalue weighted by atomic mass is 35.5. The minimum Gasteiger partial charge on any atom is -0.298 e. The molecule has 0 fully saturated rings. The van der Waals surface area contributed by atoms with Gasteiger partial charge in [0.2, 0.25) is 0 Å². The Kier molecular flexibility index (Phi) is 4.54. The molecule has 6 nitrogen and oxygen atoms in total. The molecule has 2 aromatic rings. The van der Waals surface area contributed by atoms with E-state index < -0.39 is 10.8 Å². The van der Waals surface area contributed by atoms with Gasteiger partial charge in [0.25, 0.3) is 11.6 Å². The third-order valence-corrected chi connectivity index (χ3v) is 3.83. The van der Waals surface area contributed by atoms with Gasteiger partial charge in [-0.3, -0.25) is 20.2 Å². The Bertz CT molecular complexity index is 700. The topological polar surface area (TPSA) is 85.1 Å². The van der Waals surface area contributed by atoms with Crippen LogP contribution in [0.3, 0.4) is 0 Å². The van der Waals surface area contributed by atoms with Crippen LogP contribution in [0, 0.1) is 10.1 Å². The van der Waals surface area contributed by atoms with Gasteiger partial charge < -0.3 is 0 Å². The summed E-state index contributed by atoms with van der Waals surface area (Å²) in [6, 6.07) is 3.91. The first kappa shape index (κ1) is 15.4. The van der Waals surface area contributed by atoms with Crippen molar-refractivity contribution in [2.24, 2.45) is 0 Å². The fourth-order valence-electron chi connectivity index (χ4n) is 1.57. The summed E-state index contributed by atoms with van der Waals surface area (Å²) < 4.78 is 0. The summed E-state index contributed by atoms with van der Waals surface area (Å²) in [6.07, 6.45) is 0. The van der Waals surface area contributed by atoms with Crippen LogP contribution >= 0.6 is 22.9 Å². The molecule has 1 amide bonds. The van der Waals surface area contributed by atoms with E-state index in [-0.39, 0.29) is 22.2 Å². The van der Waals surface area contributed by atoms with Crippen LogP contribution in [0.4, 0.5) is 10.8 Å². The normalized spacial score (nSPS) is 10.7. The molecule has 0 spiro atoms. The number of nitrogens with zero attached hydrogens (tertiary/aromatic N) is 2. The van der Waals surface area contributed by atoms with Gasteiger partial charge in [-0.25, -0.2) is 4.98 Å². The lowest BCUT2D eigenvalue weighted by atomic mass is 10.2. The highest BCUT2D eigenvalue weighted by molar-refractivity contribution is 7.14. The van der Waals surface area contributed by atoms with E-state index in [1.165, 1.54) is 23.5 Å². The number of nitro groups is 1. The molecule has 21 heavy (non-hydrogen) atoms. The predicted octanol–water partition coefficient (Wildman–Crippen LogP) is 4.08. The number of hydrogen-bond acceptors (Lipinski definition) is 5. The number of carbonyl (C=O) groups is 1. The van der Waals surface area contributed by atoms with Crippen LogP contribution in [0.25, 0.3) is 0 Å². The molecule has 0 aliphatic heterocycles. The first-order valence-electron chi connectivity index (χ1n) is 6.09. The van der Waals surface area contributed by atoms with Crippen LogP contribution < -0.4 is 5.32 Å². The van der Waals surface area contributed by atoms with Crippen molar-refractivity contribution in [1.82, 2.24) is 4.98 Å². The fourth-order valence-corrected chi connectivity index (χ4v) is 2.63. The molecule has 0 saturated heterocycles.